The zero-order valence-electron chi connectivity index (χ0n) is 34.8. The molecule has 0 N–H and O–H groups in total. The number of furan rings is 2. The predicted octanol–water partition coefficient (Wildman–Crippen LogP) is 16.0. The normalized spacial score (nSPS) is 13.7. The molecule has 0 atom stereocenters. The largest absolute Gasteiger partial charge is 0.454 e. The molecule has 0 unspecified atom stereocenters. The number of hydrogen-bond donors (Lipinski definition) is 0. The molecule has 2 aliphatic carbocycles. The van der Waals surface area contributed by atoms with Crippen LogP contribution in [0.4, 0.5) is 0 Å². The first-order chi connectivity index (χ1) is 32.3. The molecule has 10 aromatic carbocycles. The lowest BCUT2D eigenvalue weighted by Gasteiger charge is -2.30. The first-order valence-corrected chi connectivity index (χ1v) is 22.4. The van der Waals surface area contributed by atoms with Gasteiger partial charge in [-0.1, -0.05) is 146 Å². The molecule has 4 heteroatoms. The second kappa shape index (κ2) is 11.9. The van der Waals surface area contributed by atoms with E-state index in [0.29, 0.717) is 0 Å². The number of nitrogens with zero attached hydrogens (tertiary/aromatic N) is 2. The van der Waals surface area contributed by atoms with Crippen LogP contribution in [-0.2, 0) is 5.41 Å². The molecule has 65 heavy (non-hydrogen) atoms. The maximum atomic E-state index is 6.76. The van der Waals surface area contributed by atoms with E-state index in [1.165, 1.54) is 66.1 Å². The minimum Gasteiger partial charge on any atom is -0.454 e. The van der Waals surface area contributed by atoms with E-state index in [-0.39, 0.29) is 0 Å². The summed E-state index contributed by atoms with van der Waals surface area (Å²) in [5.74, 6) is 0. The van der Waals surface area contributed by atoms with Crippen molar-refractivity contribution in [2.24, 2.45) is 0 Å². The van der Waals surface area contributed by atoms with Crippen LogP contribution in [0.5, 0.6) is 0 Å². The second-order valence-electron chi connectivity index (χ2n) is 17.9. The molecule has 14 aromatic rings. The van der Waals surface area contributed by atoms with E-state index in [1.54, 1.807) is 0 Å². The fourth-order valence-corrected chi connectivity index (χ4v) is 12.4. The molecular formula is C61H34N2O2. The van der Waals surface area contributed by atoms with Crippen LogP contribution in [0.2, 0.25) is 0 Å². The van der Waals surface area contributed by atoms with Crippen LogP contribution < -0.4 is 0 Å². The minimum absolute atomic E-state index is 0.598. The second-order valence-corrected chi connectivity index (χ2v) is 17.9. The summed E-state index contributed by atoms with van der Waals surface area (Å²) in [6, 6.07) is 75.9. The third-order valence-electron chi connectivity index (χ3n) is 14.9. The van der Waals surface area contributed by atoms with Gasteiger partial charge in [0.05, 0.1) is 38.9 Å². The number of hydrogen-bond acceptors (Lipinski definition) is 2. The molecule has 4 heterocycles. The van der Waals surface area contributed by atoms with Gasteiger partial charge >= 0.3 is 0 Å². The van der Waals surface area contributed by atoms with Gasteiger partial charge in [0.15, 0.2) is 11.2 Å². The molecule has 0 bridgehead atoms. The minimum atomic E-state index is -0.598. The third kappa shape index (κ3) is 4.05. The van der Waals surface area contributed by atoms with Crippen molar-refractivity contribution >= 4 is 87.5 Å². The van der Waals surface area contributed by atoms with Crippen LogP contribution in [0, 0.1) is 0 Å². The summed E-state index contributed by atoms with van der Waals surface area (Å²) < 4.78 is 18.4. The molecule has 4 nitrogen and oxygen atoms in total. The Bertz CT molecular complexity index is 4150. The van der Waals surface area contributed by atoms with E-state index < -0.39 is 5.41 Å². The molecule has 4 aromatic heterocycles. The topological polar surface area (TPSA) is 36.1 Å². The number of benzene rings is 10. The van der Waals surface area contributed by atoms with Crippen molar-refractivity contribution in [1.29, 1.82) is 0 Å². The van der Waals surface area contributed by atoms with Crippen molar-refractivity contribution < 1.29 is 8.83 Å². The number of aromatic nitrogens is 2. The molecule has 0 saturated carbocycles. The standard InChI is InChI=1S/C61H34N2O2/c1-7-23-47-35(15-1)43-31-45-37-17-3-9-25-51(37)62(53-27-13-21-41-39-19-5-11-29-57(39)64-59(41)53)55(45)33-49(43)61(47)48-24-8-2-16-36(48)44-32-46-38-18-4-10-26-52(38)63(56(46)34-50(44)61)54-28-14-22-42-40-20-6-12-30-58(40)65-60(42)54/h1-34H. The van der Waals surface area contributed by atoms with Crippen molar-refractivity contribution in [2.45, 2.75) is 5.41 Å². The van der Waals surface area contributed by atoms with E-state index in [9.17, 15) is 0 Å². The van der Waals surface area contributed by atoms with Crippen molar-refractivity contribution in [3.63, 3.8) is 0 Å². The van der Waals surface area contributed by atoms with Gasteiger partial charge in [-0.05, 0) is 105 Å². The highest BCUT2D eigenvalue weighted by molar-refractivity contribution is 6.17. The molecule has 0 fully saturated rings. The summed E-state index contributed by atoms with van der Waals surface area (Å²) in [4.78, 5) is 0. The molecule has 16 rings (SSSR count). The highest BCUT2D eigenvalue weighted by Gasteiger charge is 2.52. The Balaban J connectivity index is 1.05. The Labute approximate surface area is 371 Å². The Kier molecular flexibility index (Phi) is 6.21. The summed E-state index contributed by atoms with van der Waals surface area (Å²) in [6.07, 6.45) is 0. The van der Waals surface area contributed by atoms with Gasteiger partial charge in [0, 0.05) is 43.1 Å². The lowest BCUT2D eigenvalue weighted by Crippen LogP contribution is -2.26. The van der Waals surface area contributed by atoms with Gasteiger partial charge in [-0.3, -0.25) is 0 Å². The SMILES string of the molecule is c1ccc2c(c1)-c1cc3c4ccccc4n(-c4cccc5c4oc4ccccc45)c3cc1C21c2ccccc2-c2cc3c4ccccc4n(-c4cccc5c4oc4ccccc45)c3cc21. The van der Waals surface area contributed by atoms with Gasteiger partial charge in [-0.2, -0.15) is 0 Å². The van der Waals surface area contributed by atoms with Crippen molar-refractivity contribution in [2.75, 3.05) is 0 Å². The van der Waals surface area contributed by atoms with Crippen LogP contribution in [0.15, 0.2) is 215 Å². The molecular weight excluding hydrogens is 793 g/mol. The number of rotatable bonds is 2. The van der Waals surface area contributed by atoms with Gasteiger partial charge in [0.1, 0.15) is 11.2 Å². The average Bonchev–Trinajstić information content (AvgIpc) is 4.20. The third-order valence-corrected chi connectivity index (χ3v) is 14.9. The van der Waals surface area contributed by atoms with E-state index in [1.807, 2.05) is 0 Å². The highest BCUT2D eigenvalue weighted by atomic mass is 16.3. The summed E-state index contributed by atoms with van der Waals surface area (Å²) in [5.41, 5.74) is 20.0. The smallest absolute Gasteiger partial charge is 0.159 e. The molecule has 0 aliphatic heterocycles. The van der Waals surface area contributed by atoms with Crippen LogP contribution in [-0.4, -0.2) is 9.13 Å². The summed E-state index contributed by atoms with van der Waals surface area (Å²) in [7, 11) is 0. The summed E-state index contributed by atoms with van der Waals surface area (Å²) in [6.45, 7) is 0. The first kappa shape index (κ1) is 34.0. The first-order valence-electron chi connectivity index (χ1n) is 22.4. The van der Waals surface area contributed by atoms with Gasteiger partial charge in [0.25, 0.3) is 0 Å². The van der Waals surface area contributed by atoms with E-state index >= 15 is 0 Å². The molecule has 1 spiro atoms. The molecule has 300 valence electrons. The summed E-state index contributed by atoms with van der Waals surface area (Å²) >= 11 is 0. The summed E-state index contributed by atoms with van der Waals surface area (Å²) in [5, 5.41) is 9.36. The van der Waals surface area contributed by atoms with E-state index in [0.717, 1.165) is 77.3 Å². The van der Waals surface area contributed by atoms with Crippen molar-refractivity contribution in [3.05, 3.63) is 229 Å². The Morgan fingerprint density at radius 2 is 0.677 bits per heavy atom. The number of fused-ring (bicyclic) bond motifs is 22. The zero-order valence-corrected chi connectivity index (χ0v) is 34.8. The Morgan fingerprint density at radius 1 is 0.277 bits per heavy atom. The zero-order chi connectivity index (χ0) is 42.1. The van der Waals surface area contributed by atoms with Gasteiger partial charge in [-0.15, -0.1) is 0 Å². The van der Waals surface area contributed by atoms with Crippen LogP contribution in [0.1, 0.15) is 22.3 Å². The van der Waals surface area contributed by atoms with Crippen LogP contribution in [0.25, 0.3) is 121 Å². The Morgan fingerprint density at radius 3 is 1.17 bits per heavy atom. The highest BCUT2D eigenvalue weighted by Crippen LogP contribution is 2.64. The lowest BCUT2D eigenvalue weighted by atomic mass is 9.70. The van der Waals surface area contributed by atoms with Gasteiger partial charge in [0.2, 0.25) is 0 Å². The van der Waals surface area contributed by atoms with E-state index in [4.69, 9.17) is 8.83 Å². The van der Waals surface area contributed by atoms with Crippen LogP contribution >= 0.6 is 0 Å². The fourth-order valence-electron chi connectivity index (χ4n) is 12.4. The predicted molar refractivity (Wildman–Crippen MR) is 266 cm³/mol. The quantitative estimate of drug-likeness (QED) is 0.174. The number of para-hydroxylation sites is 6. The van der Waals surface area contributed by atoms with Gasteiger partial charge < -0.3 is 18.0 Å². The van der Waals surface area contributed by atoms with Crippen molar-refractivity contribution in [1.82, 2.24) is 9.13 Å². The van der Waals surface area contributed by atoms with Crippen LogP contribution in [0.3, 0.4) is 0 Å². The molecule has 0 amide bonds. The lowest BCUT2D eigenvalue weighted by molar-refractivity contribution is 0.666. The maximum Gasteiger partial charge on any atom is 0.159 e. The Hall–Kier alpha value is -8.60. The van der Waals surface area contributed by atoms with Gasteiger partial charge in [-0.25, -0.2) is 0 Å². The van der Waals surface area contributed by atoms with Crippen molar-refractivity contribution in [3.8, 4) is 33.6 Å². The van der Waals surface area contributed by atoms with E-state index in [2.05, 4.69) is 215 Å². The molecule has 2 aliphatic rings. The fraction of sp³-hybridized carbons (Fsp3) is 0.0164. The maximum absolute atomic E-state index is 6.76. The monoisotopic (exact) mass is 826 g/mol. The molecule has 0 saturated heterocycles. The molecule has 0 radical (unpaired) electrons. The average molecular weight is 827 g/mol.